The predicted molar refractivity (Wildman–Crippen MR) is 135 cm³/mol. The van der Waals surface area contributed by atoms with Gasteiger partial charge in [-0.3, -0.25) is 9.69 Å². The van der Waals surface area contributed by atoms with Crippen molar-refractivity contribution in [1.82, 2.24) is 25.3 Å². The normalized spacial score (nSPS) is 18.9. The van der Waals surface area contributed by atoms with Gasteiger partial charge in [0.25, 0.3) is 0 Å². The topological polar surface area (TPSA) is 119 Å². The maximum absolute atomic E-state index is 13.6. The summed E-state index contributed by atoms with van der Waals surface area (Å²) in [5, 5.41) is 33.2. The number of phenols is 1. The van der Waals surface area contributed by atoms with E-state index < -0.39 is 5.82 Å². The Balaban J connectivity index is 1.03. The Morgan fingerprint density at radius 1 is 1.11 bits per heavy atom. The lowest BCUT2D eigenvalue weighted by molar-refractivity contribution is -0.117. The van der Waals surface area contributed by atoms with Gasteiger partial charge in [0.1, 0.15) is 0 Å². The Bertz CT molecular complexity index is 1170. The average Bonchev–Trinajstić information content (AvgIpc) is 3.53. The third-order valence-electron chi connectivity index (χ3n) is 6.67. The van der Waals surface area contributed by atoms with Gasteiger partial charge in [-0.2, -0.15) is 5.10 Å². The van der Waals surface area contributed by atoms with Crippen LogP contribution in [-0.4, -0.2) is 68.5 Å². The lowest BCUT2D eigenvalue weighted by Gasteiger charge is -2.31. The molecule has 10 nitrogen and oxygen atoms in total. The Morgan fingerprint density at radius 3 is 2.72 bits per heavy atom. The molecule has 2 fully saturated rings. The van der Waals surface area contributed by atoms with Crippen LogP contribution in [0.1, 0.15) is 31.2 Å². The monoisotopic (exact) mass is 512 g/mol. The lowest BCUT2D eigenvalue weighted by atomic mass is 9.93. The van der Waals surface area contributed by atoms with Crippen LogP contribution in [0, 0.1) is 11.7 Å². The zero-order valence-corrected chi connectivity index (χ0v) is 20.6. The fourth-order valence-corrected chi connectivity index (χ4v) is 5.48. The lowest BCUT2D eigenvalue weighted by Crippen LogP contribution is -2.34. The van der Waals surface area contributed by atoms with E-state index in [1.807, 2.05) is 12.1 Å². The molecule has 12 heteroatoms. The quantitative estimate of drug-likeness (QED) is 0.418. The van der Waals surface area contributed by atoms with Gasteiger partial charge in [0.2, 0.25) is 16.2 Å². The van der Waals surface area contributed by atoms with E-state index in [1.54, 1.807) is 12.3 Å². The van der Waals surface area contributed by atoms with Crippen LogP contribution in [0.15, 0.2) is 36.5 Å². The molecule has 36 heavy (non-hydrogen) atoms. The molecule has 2 aliphatic heterocycles. The van der Waals surface area contributed by atoms with Crippen molar-refractivity contribution in [2.75, 3.05) is 41.7 Å². The Hall–Kier alpha value is -3.38. The number of carbonyl (C=O) groups excluding carboxylic acids is 1. The first kappa shape index (κ1) is 24.3. The largest absolute Gasteiger partial charge is 0.505 e. The number of nitrogens with one attached hydrogen (secondary N) is 2. The van der Waals surface area contributed by atoms with Gasteiger partial charge in [-0.15, -0.1) is 15.3 Å². The second-order valence-electron chi connectivity index (χ2n) is 9.33. The third-order valence-corrected chi connectivity index (χ3v) is 7.44. The smallest absolute Gasteiger partial charge is 0.226 e. The number of anilines is 3. The van der Waals surface area contributed by atoms with Crippen LogP contribution in [-0.2, 0) is 11.3 Å². The van der Waals surface area contributed by atoms with E-state index in [-0.39, 0.29) is 17.7 Å². The zero-order valence-electron chi connectivity index (χ0n) is 19.8. The number of aromatic hydroxyl groups is 1. The van der Waals surface area contributed by atoms with Crippen molar-refractivity contribution < 1.29 is 14.3 Å². The highest BCUT2D eigenvalue weighted by atomic mass is 32.1. The fourth-order valence-electron chi connectivity index (χ4n) is 4.74. The van der Waals surface area contributed by atoms with Crippen LogP contribution in [0.5, 0.6) is 5.75 Å². The van der Waals surface area contributed by atoms with Crippen molar-refractivity contribution in [3.8, 4) is 5.75 Å². The maximum atomic E-state index is 13.6. The van der Waals surface area contributed by atoms with Gasteiger partial charge in [-0.1, -0.05) is 17.4 Å². The Morgan fingerprint density at radius 2 is 1.94 bits per heavy atom. The number of rotatable bonds is 8. The van der Waals surface area contributed by atoms with Crippen molar-refractivity contribution >= 4 is 33.3 Å². The molecule has 2 aliphatic rings. The van der Waals surface area contributed by atoms with Crippen LogP contribution < -0.4 is 15.5 Å². The van der Waals surface area contributed by atoms with E-state index in [0.29, 0.717) is 29.1 Å². The minimum atomic E-state index is -0.596. The number of carbonyl (C=O) groups is 1. The van der Waals surface area contributed by atoms with Crippen molar-refractivity contribution in [2.45, 2.75) is 38.3 Å². The van der Waals surface area contributed by atoms with Crippen LogP contribution in [0.4, 0.5) is 20.5 Å². The van der Waals surface area contributed by atoms with E-state index >= 15 is 0 Å². The van der Waals surface area contributed by atoms with E-state index in [0.717, 1.165) is 56.8 Å². The average molecular weight is 513 g/mol. The molecule has 4 heterocycles. The number of hydrogen-bond acceptors (Lipinski definition) is 10. The van der Waals surface area contributed by atoms with E-state index in [4.69, 9.17) is 0 Å². The minimum absolute atomic E-state index is 0.0496. The summed E-state index contributed by atoms with van der Waals surface area (Å²) in [6, 6.07) is 8.57. The number of piperidine rings is 1. The number of likely N-dealkylation sites (tertiary alicyclic amines) is 1. The first-order chi connectivity index (χ1) is 17.5. The molecule has 2 aromatic heterocycles. The van der Waals surface area contributed by atoms with Crippen LogP contribution in [0.3, 0.4) is 0 Å². The first-order valence-electron chi connectivity index (χ1n) is 12.1. The molecule has 2 saturated heterocycles. The molecule has 0 spiro atoms. The number of aromatic nitrogens is 4. The first-order valence-corrected chi connectivity index (χ1v) is 13.0. The van der Waals surface area contributed by atoms with Gasteiger partial charge in [0, 0.05) is 38.3 Å². The van der Waals surface area contributed by atoms with Crippen molar-refractivity contribution in [3.05, 3.63) is 47.9 Å². The zero-order chi connectivity index (χ0) is 24.9. The highest BCUT2D eigenvalue weighted by molar-refractivity contribution is 7.19. The third kappa shape index (κ3) is 6.24. The molecular weight excluding hydrogens is 483 g/mol. The summed E-state index contributed by atoms with van der Waals surface area (Å²) in [6.07, 6.45) is 4.87. The van der Waals surface area contributed by atoms with E-state index in [1.165, 1.54) is 23.5 Å². The highest BCUT2D eigenvalue weighted by Crippen LogP contribution is 2.27. The summed E-state index contributed by atoms with van der Waals surface area (Å²) in [7, 11) is 0. The maximum Gasteiger partial charge on any atom is 0.226 e. The molecule has 3 N–H and O–H groups in total. The summed E-state index contributed by atoms with van der Waals surface area (Å²) >= 11 is 1.34. The van der Waals surface area contributed by atoms with Crippen molar-refractivity contribution in [1.29, 1.82) is 0 Å². The molecule has 0 bridgehead atoms. The van der Waals surface area contributed by atoms with Crippen LogP contribution in [0.2, 0.25) is 0 Å². The van der Waals surface area contributed by atoms with Crippen LogP contribution >= 0.6 is 11.3 Å². The van der Waals surface area contributed by atoms with Crippen molar-refractivity contribution in [3.63, 3.8) is 0 Å². The molecule has 190 valence electrons. The van der Waals surface area contributed by atoms with Crippen molar-refractivity contribution in [2.24, 2.45) is 5.92 Å². The summed E-state index contributed by atoms with van der Waals surface area (Å²) in [4.78, 5) is 17.0. The number of phenolic OH excluding ortho intramolecular Hbond substituents is 1. The molecule has 5 rings (SSSR count). The van der Waals surface area contributed by atoms with E-state index in [9.17, 15) is 14.3 Å². The van der Waals surface area contributed by atoms with Gasteiger partial charge in [0.05, 0.1) is 0 Å². The van der Waals surface area contributed by atoms with Gasteiger partial charge in [-0.25, -0.2) is 4.39 Å². The number of nitrogens with zero attached hydrogens (tertiary/aromatic N) is 6. The Labute approximate surface area is 212 Å². The number of amides is 1. The van der Waals surface area contributed by atoms with Gasteiger partial charge in [-0.05, 0) is 68.1 Å². The van der Waals surface area contributed by atoms with Gasteiger partial charge >= 0.3 is 0 Å². The molecule has 3 aromatic rings. The molecule has 1 atom stereocenters. The number of halogens is 1. The van der Waals surface area contributed by atoms with E-state index in [2.05, 4.69) is 40.8 Å². The standard InChI is InChI=1S/C24H29FN8O2S/c25-19-12-17(3-4-20(19)34)14-32-9-5-16(6-10-32)13-22(35)28-24-31-30-23(36-24)27-18-7-11-33(15-18)21-2-1-8-26-29-21/h1-4,8,12,16,18,34H,5-7,9-11,13-15H2,(H,27,30)(H,28,31,35). The molecule has 1 amide bonds. The summed E-state index contributed by atoms with van der Waals surface area (Å²) in [6.45, 7) is 4.03. The second kappa shape index (κ2) is 11.1. The predicted octanol–water partition coefficient (Wildman–Crippen LogP) is 3.10. The SMILES string of the molecule is O=C(CC1CCN(Cc2ccc(O)c(F)c2)CC1)Nc1nnc(NC2CCN(c3cccnn3)C2)s1. The molecular formula is C24H29FN8O2S. The molecule has 0 saturated carbocycles. The molecule has 0 radical (unpaired) electrons. The summed E-state index contributed by atoms with van der Waals surface area (Å²) in [5.74, 6) is 0.194. The fraction of sp³-hybridized carbons (Fsp3) is 0.458. The molecule has 1 aromatic carbocycles. The van der Waals surface area contributed by atoms with Crippen LogP contribution in [0.25, 0.3) is 0 Å². The summed E-state index contributed by atoms with van der Waals surface area (Å²) in [5.41, 5.74) is 0.834. The number of benzene rings is 1. The van der Waals surface area contributed by atoms with Gasteiger partial charge < -0.3 is 20.6 Å². The Kier molecular flexibility index (Phi) is 7.52. The van der Waals surface area contributed by atoms with Gasteiger partial charge in [0.15, 0.2) is 17.4 Å². The summed E-state index contributed by atoms with van der Waals surface area (Å²) < 4.78 is 13.6. The minimum Gasteiger partial charge on any atom is -0.505 e. The second-order valence-corrected chi connectivity index (χ2v) is 10.3. The molecule has 0 aliphatic carbocycles. The number of hydrogen-bond donors (Lipinski definition) is 3. The molecule has 1 unspecified atom stereocenters. The highest BCUT2D eigenvalue weighted by Gasteiger charge is 2.25.